The molecule has 0 fully saturated rings. The fraction of sp³-hybridized carbons (Fsp3) is 0.571. The molecule has 1 amide bonds. The largest absolute Gasteiger partial charge is 0.338 e. The zero-order chi connectivity index (χ0) is 13.9. The Labute approximate surface area is 109 Å². The molecule has 0 bridgehead atoms. The Morgan fingerprint density at radius 3 is 2.28 bits per heavy atom. The minimum Gasteiger partial charge on any atom is -0.338 e. The summed E-state index contributed by atoms with van der Waals surface area (Å²) in [4.78, 5) is 18.0. The number of carbonyl (C=O) groups is 1. The number of likely N-dealkylation sites (N-methyl/N-ethyl adjacent to an activating group) is 1. The predicted octanol–water partition coefficient (Wildman–Crippen LogP) is 1.97. The van der Waals surface area contributed by atoms with E-state index in [2.05, 4.69) is 4.98 Å². The van der Waals surface area contributed by atoms with Gasteiger partial charge in [0.05, 0.1) is 12.1 Å². The Morgan fingerprint density at radius 2 is 1.83 bits per heavy atom. The van der Waals surface area contributed by atoms with Gasteiger partial charge in [-0.1, -0.05) is 20.8 Å². The molecule has 18 heavy (non-hydrogen) atoms. The normalized spacial score (nSPS) is 15.0. The first-order valence-electron chi connectivity index (χ1n) is 6.17. The van der Waals surface area contributed by atoms with E-state index in [-0.39, 0.29) is 17.4 Å². The number of pyridine rings is 1. The van der Waals surface area contributed by atoms with Crippen molar-refractivity contribution in [3.63, 3.8) is 0 Å². The Kier molecular flexibility index (Phi) is 4.46. The van der Waals surface area contributed by atoms with Gasteiger partial charge in [-0.05, 0) is 30.0 Å². The summed E-state index contributed by atoms with van der Waals surface area (Å²) in [6.45, 7) is 7.91. The standard InChI is InChI=1S/C14H23N3O/c1-10(11-6-8-16-9-7-11)17(5)13(18)12(15)14(2,3)4/h6-10,12H,15H2,1-5H3/t10?,12-/m1/s1. The summed E-state index contributed by atoms with van der Waals surface area (Å²) < 4.78 is 0. The van der Waals surface area contributed by atoms with Crippen LogP contribution in [0.1, 0.15) is 39.3 Å². The van der Waals surface area contributed by atoms with Gasteiger partial charge >= 0.3 is 0 Å². The molecule has 1 aromatic rings. The van der Waals surface area contributed by atoms with Crippen LogP contribution in [0.4, 0.5) is 0 Å². The van der Waals surface area contributed by atoms with Crippen molar-refractivity contribution < 1.29 is 4.79 Å². The highest BCUT2D eigenvalue weighted by Gasteiger charge is 2.31. The third kappa shape index (κ3) is 3.29. The second kappa shape index (κ2) is 5.48. The van der Waals surface area contributed by atoms with Crippen LogP contribution < -0.4 is 5.73 Å². The summed E-state index contributed by atoms with van der Waals surface area (Å²) in [7, 11) is 1.79. The molecule has 4 nitrogen and oxygen atoms in total. The number of aromatic nitrogens is 1. The number of hydrogen-bond acceptors (Lipinski definition) is 3. The molecule has 0 saturated carbocycles. The SMILES string of the molecule is CC(c1ccncc1)N(C)C(=O)[C@@H](N)C(C)(C)C. The van der Waals surface area contributed by atoms with Crippen molar-refractivity contribution in [2.45, 2.75) is 39.8 Å². The lowest BCUT2D eigenvalue weighted by Gasteiger charge is -2.33. The maximum Gasteiger partial charge on any atom is 0.240 e. The number of rotatable bonds is 3. The number of amides is 1. The fourth-order valence-corrected chi connectivity index (χ4v) is 1.65. The zero-order valence-corrected chi connectivity index (χ0v) is 11.8. The van der Waals surface area contributed by atoms with Gasteiger partial charge in [0, 0.05) is 19.4 Å². The average Bonchev–Trinajstić information content (AvgIpc) is 2.35. The van der Waals surface area contributed by atoms with E-state index in [0.29, 0.717) is 0 Å². The average molecular weight is 249 g/mol. The Balaban J connectivity index is 2.82. The van der Waals surface area contributed by atoms with Gasteiger partial charge < -0.3 is 10.6 Å². The van der Waals surface area contributed by atoms with Crippen LogP contribution in [0.3, 0.4) is 0 Å². The molecular weight excluding hydrogens is 226 g/mol. The lowest BCUT2D eigenvalue weighted by Crippen LogP contribution is -2.49. The molecular formula is C14H23N3O. The quantitative estimate of drug-likeness (QED) is 0.891. The lowest BCUT2D eigenvalue weighted by atomic mass is 9.86. The van der Waals surface area contributed by atoms with E-state index in [0.717, 1.165) is 5.56 Å². The first-order valence-corrected chi connectivity index (χ1v) is 6.17. The van der Waals surface area contributed by atoms with Crippen molar-refractivity contribution in [3.8, 4) is 0 Å². The molecule has 1 heterocycles. The van der Waals surface area contributed by atoms with Gasteiger partial charge in [0.25, 0.3) is 0 Å². The molecule has 0 spiro atoms. The van der Waals surface area contributed by atoms with E-state index in [4.69, 9.17) is 5.73 Å². The van der Waals surface area contributed by atoms with Crippen molar-refractivity contribution in [1.82, 2.24) is 9.88 Å². The second-order valence-corrected chi connectivity index (χ2v) is 5.75. The molecule has 4 heteroatoms. The van der Waals surface area contributed by atoms with Crippen LogP contribution in [0.15, 0.2) is 24.5 Å². The summed E-state index contributed by atoms with van der Waals surface area (Å²) in [5.41, 5.74) is 6.83. The minimum atomic E-state index is -0.494. The van der Waals surface area contributed by atoms with Crippen LogP contribution in [-0.4, -0.2) is 28.9 Å². The lowest BCUT2D eigenvalue weighted by molar-refractivity contribution is -0.135. The highest BCUT2D eigenvalue weighted by Crippen LogP contribution is 2.23. The molecule has 1 aromatic heterocycles. The zero-order valence-electron chi connectivity index (χ0n) is 11.8. The van der Waals surface area contributed by atoms with Crippen LogP contribution in [0.5, 0.6) is 0 Å². The molecule has 0 radical (unpaired) electrons. The molecule has 2 atom stereocenters. The first-order chi connectivity index (χ1) is 8.25. The van der Waals surface area contributed by atoms with E-state index < -0.39 is 6.04 Å². The van der Waals surface area contributed by atoms with Crippen LogP contribution in [0.2, 0.25) is 0 Å². The molecule has 0 aromatic carbocycles. The Bertz CT molecular complexity index is 397. The van der Waals surface area contributed by atoms with Crippen LogP contribution in [-0.2, 0) is 4.79 Å². The van der Waals surface area contributed by atoms with Crippen molar-refractivity contribution in [2.75, 3.05) is 7.05 Å². The summed E-state index contributed by atoms with van der Waals surface area (Å²) in [5.74, 6) is -0.0354. The van der Waals surface area contributed by atoms with Gasteiger partial charge in [-0.15, -0.1) is 0 Å². The van der Waals surface area contributed by atoms with Crippen molar-refractivity contribution in [2.24, 2.45) is 11.1 Å². The van der Waals surface area contributed by atoms with E-state index in [9.17, 15) is 4.79 Å². The molecule has 1 rings (SSSR count). The second-order valence-electron chi connectivity index (χ2n) is 5.75. The maximum absolute atomic E-state index is 12.3. The van der Waals surface area contributed by atoms with Crippen LogP contribution in [0.25, 0.3) is 0 Å². The van der Waals surface area contributed by atoms with Crippen LogP contribution in [0, 0.1) is 5.41 Å². The highest BCUT2D eigenvalue weighted by atomic mass is 16.2. The van der Waals surface area contributed by atoms with E-state index in [1.54, 1.807) is 24.3 Å². The van der Waals surface area contributed by atoms with Gasteiger partial charge in [-0.25, -0.2) is 0 Å². The summed E-state index contributed by atoms with van der Waals surface area (Å²) >= 11 is 0. The first kappa shape index (κ1) is 14.6. The smallest absolute Gasteiger partial charge is 0.240 e. The van der Waals surface area contributed by atoms with Gasteiger partial charge in [0.1, 0.15) is 0 Å². The number of hydrogen-bond donors (Lipinski definition) is 1. The van der Waals surface area contributed by atoms with E-state index in [1.165, 1.54) is 0 Å². The number of nitrogens with two attached hydrogens (primary N) is 1. The highest BCUT2D eigenvalue weighted by molar-refractivity contribution is 5.82. The third-order valence-corrected chi connectivity index (χ3v) is 3.32. The van der Waals surface area contributed by atoms with Crippen molar-refractivity contribution >= 4 is 5.91 Å². The maximum atomic E-state index is 12.3. The number of carbonyl (C=O) groups excluding carboxylic acids is 1. The third-order valence-electron chi connectivity index (χ3n) is 3.32. The molecule has 2 N–H and O–H groups in total. The summed E-state index contributed by atoms with van der Waals surface area (Å²) in [6.07, 6.45) is 3.46. The molecule has 0 saturated heterocycles. The molecule has 100 valence electrons. The topological polar surface area (TPSA) is 59.2 Å². The molecule has 0 aliphatic carbocycles. The van der Waals surface area contributed by atoms with Gasteiger partial charge in [0.2, 0.25) is 5.91 Å². The Morgan fingerprint density at radius 1 is 1.33 bits per heavy atom. The van der Waals surface area contributed by atoms with Gasteiger partial charge in [0.15, 0.2) is 0 Å². The monoisotopic (exact) mass is 249 g/mol. The fourth-order valence-electron chi connectivity index (χ4n) is 1.65. The molecule has 0 aliphatic heterocycles. The number of nitrogens with zero attached hydrogens (tertiary/aromatic N) is 2. The molecule has 0 aliphatic rings. The predicted molar refractivity (Wildman–Crippen MR) is 72.9 cm³/mol. The van der Waals surface area contributed by atoms with Gasteiger partial charge in [-0.2, -0.15) is 0 Å². The van der Waals surface area contributed by atoms with Crippen molar-refractivity contribution in [1.29, 1.82) is 0 Å². The summed E-state index contributed by atoms with van der Waals surface area (Å²) in [5, 5.41) is 0. The minimum absolute atomic E-state index is 0.00565. The van der Waals surface area contributed by atoms with Crippen LogP contribution >= 0.6 is 0 Å². The molecule has 1 unspecified atom stereocenters. The Hall–Kier alpha value is -1.42. The van der Waals surface area contributed by atoms with Gasteiger partial charge in [-0.3, -0.25) is 9.78 Å². The van der Waals surface area contributed by atoms with E-state index >= 15 is 0 Å². The van der Waals surface area contributed by atoms with E-state index in [1.807, 2.05) is 39.8 Å². The van der Waals surface area contributed by atoms with Crippen molar-refractivity contribution in [3.05, 3.63) is 30.1 Å². The summed E-state index contributed by atoms with van der Waals surface area (Å²) in [6, 6.07) is 3.33.